The first-order chi connectivity index (χ1) is 4.93. The van der Waals surface area contributed by atoms with E-state index in [1.54, 1.807) is 0 Å². The Hall–Kier alpha value is -0.0400. The fourth-order valence-corrected chi connectivity index (χ4v) is 1.97. The van der Waals surface area contributed by atoms with E-state index in [1.807, 2.05) is 0 Å². The van der Waals surface area contributed by atoms with Gasteiger partial charge in [0.15, 0.2) is 0 Å². The summed E-state index contributed by atoms with van der Waals surface area (Å²) in [5, 5.41) is 0. The molecule has 1 fully saturated rings. The second-order valence-corrected chi connectivity index (χ2v) is 3.65. The van der Waals surface area contributed by atoms with E-state index in [4.69, 9.17) is 0 Å². The van der Waals surface area contributed by atoms with Crippen molar-refractivity contribution in [2.24, 2.45) is 5.92 Å². The average molecular weight is 157 g/mol. The van der Waals surface area contributed by atoms with Crippen molar-refractivity contribution in [1.29, 1.82) is 0 Å². The molecular formula is C10H23N. The average Bonchev–Trinajstić information content (AvgIpc) is 2.03. The van der Waals surface area contributed by atoms with Crippen LogP contribution in [0.1, 0.15) is 58.3 Å². The van der Waals surface area contributed by atoms with Crippen LogP contribution in [0.3, 0.4) is 0 Å². The number of hydrogen-bond donors (Lipinski definition) is 1. The first kappa shape index (κ1) is 11.0. The molecule has 1 rings (SSSR count). The summed E-state index contributed by atoms with van der Waals surface area (Å²) < 4.78 is 0. The summed E-state index contributed by atoms with van der Waals surface area (Å²) in [4.78, 5) is 0. The van der Waals surface area contributed by atoms with Gasteiger partial charge in [0, 0.05) is 0 Å². The Labute approximate surface area is 71.2 Å². The van der Waals surface area contributed by atoms with Gasteiger partial charge < -0.3 is 6.15 Å². The van der Waals surface area contributed by atoms with Crippen molar-refractivity contribution in [3.8, 4) is 0 Å². The van der Waals surface area contributed by atoms with Crippen LogP contribution < -0.4 is 6.15 Å². The summed E-state index contributed by atoms with van der Waals surface area (Å²) in [7, 11) is 0. The molecule has 11 heavy (non-hydrogen) atoms. The highest BCUT2D eigenvalue weighted by atomic mass is 14.2. The van der Waals surface area contributed by atoms with Gasteiger partial charge >= 0.3 is 0 Å². The molecule has 0 amide bonds. The van der Waals surface area contributed by atoms with Gasteiger partial charge in [-0.2, -0.15) is 0 Å². The second-order valence-electron chi connectivity index (χ2n) is 3.65. The van der Waals surface area contributed by atoms with E-state index in [9.17, 15) is 0 Å². The van der Waals surface area contributed by atoms with Gasteiger partial charge in [-0.3, -0.25) is 0 Å². The standard InChI is InChI=1S/C10H20.H3N/c1-2-3-7-10-8-5-4-6-9-10;/h10H,2-9H2,1H3;1H3. The molecule has 1 nitrogen and oxygen atoms in total. The van der Waals surface area contributed by atoms with Gasteiger partial charge in [0.2, 0.25) is 0 Å². The van der Waals surface area contributed by atoms with Crippen LogP contribution in [-0.4, -0.2) is 0 Å². The topological polar surface area (TPSA) is 35.0 Å². The minimum atomic E-state index is 0. The fourth-order valence-electron chi connectivity index (χ4n) is 1.97. The van der Waals surface area contributed by atoms with E-state index < -0.39 is 0 Å². The van der Waals surface area contributed by atoms with Gasteiger partial charge in [0.05, 0.1) is 0 Å². The van der Waals surface area contributed by atoms with E-state index in [1.165, 1.54) is 51.4 Å². The molecule has 3 N–H and O–H groups in total. The third-order valence-corrected chi connectivity index (χ3v) is 2.69. The summed E-state index contributed by atoms with van der Waals surface area (Å²) in [5.74, 6) is 1.11. The molecule has 1 aliphatic rings. The molecule has 1 heteroatoms. The van der Waals surface area contributed by atoms with Crippen molar-refractivity contribution < 1.29 is 0 Å². The van der Waals surface area contributed by atoms with E-state index in [0.29, 0.717) is 0 Å². The number of rotatable bonds is 3. The molecule has 0 atom stereocenters. The largest absolute Gasteiger partial charge is 0.344 e. The molecule has 68 valence electrons. The Morgan fingerprint density at radius 3 is 2.27 bits per heavy atom. The monoisotopic (exact) mass is 157 g/mol. The summed E-state index contributed by atoms with van der Waals surface area (Å²) in [6.45, 7) is 2.29. The summed E-state index contributed by atoms with van der Waals surface area (Å²) >= 11 is 0. The minimum absolute atomic E-state index is 0. The highest BCUT2D eigenvalue weighted by Crippen LogP contribution is 2.27. The van der Waals surface area contributed by atoms with Crippen molar-refractivity contribution in [2.75, 3.05) is 0 Å². The maximum atomic E-state index is 2.29. The van der Waals surface area contributed by atoms with Crippen molar-refractivity contribution in [3.63, 3.8) is 0 Å². The highest BCUT2D eigenvalue weighted by molar-refractivity contribution is 4.65. The van der Waals surface area contributed by atoms with Crippen LogP contribution in [0, 0.1) is 5.92 Å². The van der Waals surface area contributed by atoms with Crippen LogP contribution in [-0.2, 0) is 0 Å². The van der Waals surface area contributed by atoms with Gasteiger partial charge in [0.1, 0.15) is 0 Å². The molecule has 1 saturated carbocycles. The molecule has 0 bridgehead atoms. The highest BCUT2D eigenvalue weighted by Gasteiger charge is 2.11. The predicted molar refractivity (Wildman–Crippen MR) is 51.1 cm³/mol. The maximum Gasteiger partial charge on any atom is -0.0414 e. The normalized spacial score (nSPS) is 19.4. The zero-order valence-corrected chi connectivity index (χ0v) is 7.94. The van der Waals surface area contributed by atoms with Crippen LogP contribution in [0.2, 0.25) is 0 Å². The number of unbranched alkanes of at least 4 members (excludes halogenated alkanes) is 1. The molecule has 1 aliphatic carbocycles. The van der Waals surface area contributed by atoms with Crippen LogP contribution in [0.4, 0.5) is 0 Å². The molecule has 0 radical (unpaired) electrons. The summed E-state index contributed by atoms with van der Waals surface area (Å²) in [6, 6.07) is 0. The van der Waals surface area contributed by atoms with E-state index in [2.05, 4.69) is 6.92 Å². The molecule has 0 spiro atoms. The number of hydrogen-bond acceptors (Lipinski definition) is 1. The van der Waals surface area contributed by atoms with Crippen LogP contribution in [0.25, 0.3) is 0 Å². The lowest BCUT2D eigenvalue weighted by Crippen LogP contribution is -2.05. The Balaban J connectivity index is 0.000001000. The summed E-state index contributed by atoms with van der Waals surface area (Å²) in [5.41, 5.74) is 0. The van der Waals surface area contributed by atoms with Crippen molar-refractivity contribution in [3.05, 3.63) is 0 Å². The Kier molecular flexibility index (Phi) is 6.63. The first-order valence-corrected chi connectivity index (χ1v) is 4.93. The molecular weight excluding hydrogens is 134 g/mol. The minimum Gasteiger partial charge on any atom is -0.344 e. The van der Waals surface area contributed by atoms with Crippen LogP contribution >= 0.6 is 0 Å². The van der Waals surface area contributed by atoms with E-state index in [0.717, 1.165) is 5.92 Å². The molecule has 0 aliphatic heterocycles. The molecule has 0 saturated heterocycles. The van der Waals surface area contributed by atoms with Crippen molar-refractivity contribution in [1.82, 2.24) is 6.15 Å². The van der Waals surface area contributed by atoms with E-state index >= 15 is 0 Å². The fraction of sp³-hybridized carbons (Fsp3) is 1.00. The Morgan fingerprint density at radius 1 is 1.09 bits per heavy atom. The smallest absolute Gasteiger partial charge is 0.0414 e. The summed E-state index contributed by atoms with van der Waals surface area (Å²) in [6.07, 6.45) is 11.9. The zero-order valence-electron chi connectivity index (χ0n) is 7.94. The van der Waals surface area contributed by atoms with Gasteiger partial charge in [-0.05, 0) is 5.92 Å². The lowest BCUT2D eigenvalue weighted by atomic mass is 9.86. The quantitative estimate of drug-likeness (QED) is 0.662. The van der Waals surface area contributed by atoms with Crippen LogP contribution in [0.15, 0.2) is 0 Å². The predicted octanol–water partition coefficient (Wildman–Crippen LogP) is 3.92. The second kappa shape index (κ2) is 6.66. The Morgan fingerprint density at radius 2 is 1.73 bits per heavy atom. The third kappa shape index (κ3) is 4.41. The van der Waals surface area contributed by atoms with Gasteiger partial charge in [-0.1, -0.05) is 58.3 Å². The molecule has 0 unspecified atom stereocenters. The van der Waals surface area contributed by atoms with Crippen molar-refractivity contribution >= 4 is 0 Å². The van der Waals surface area contributed by atoms with Gasteiger partial charge in [0.25, 0.3) is 0 Å². The SMILES string of the molecule is CCCCC1CCCCC1.N. The van der Waals surface area contributed by atoms with Gasteiger partial charge in [-0.15, -0.1) is 0 Å². The van der Waals surface area contributed by atoms with Gasteiger partial charge in [-0.25, -0.2) is 0 Å². The lowest BCUT2D eigenvalue weighted by Gasteiger charge is -2.20. The van der Waals surface area contributed by atoms with E-state index in [-0.39, 0.29) is 6.15 Å². The first-order valence-electron chi connectivity index (χ1n) is 4.93. The zero-order chi connectivity index (χ0) is 7.23. The molecule has 0 aromatic heterocycles. The molecule has 0 aromatic carbocycles. The molecule has 0 aromatic rings. The molecule has 0 heterocycles. The third-order valence-electron chi connectivity index (χ3n) is 2.69. The van der Waals surface area contributed by atoms with Crippen LogP contribution in [0.5, 0.6) is 0 Å². The lowest BCUT2D eigenvalue weighted by molar-refractivity contribution is 0.331. The maximum absolute atomic E-state index is 2.29. The van der Waals surface area contributed by atoms with Crippen molar-refractivity contribution in [2.45, 2.75) is 58.3 Å². The Bertz CT molecular complexity index is 74.9.